The molecule has 24 heavy (non-hydrogen) atoms. The second-order valence-electron chi connectivity index (χ2n) is 6.82. The number of benzene rings is 1. The van der Waals surface area contributed by atoms with Crippen LogP contribution in [0.4, 0.5) is 5.69 Å². The lowest BCUT2D eigenvalue weighted by Crippen LogP contribution is -2.47. The zero-order valence-electron chi connectivity index (χ0n) is 14.8. The fraction of sp³-hybridized carbons (Fsp3) is 0.556. The number of nitrogens with zero attached hydrogens (tertiary/aromatic N) is 2. The van der Waals surface area contributed by atoms with E-state index in [0.717, 1.165) is 31.7 Å². The molecule has 1 aliphatic heterocycles. The van der Waals surface area contributed by atoms with Gasteiger partial charge in [0.25, 0.3) is 0 Å². The quantitative estimate of drug-likeness (QED) is 0.841. The van der Waals surface area contributed by atoms with Gasteiger partial charge in [0, 0.05) is 31.9 Å². The molecule has 0 aromatic heterocycles. The molecule has 0 spiro atoms. The minimum Gasteiger partial charge on any atom is -0.340 e. The Hall–Kier alpha value is -1.92. The molecule has 1 atom stereocenters. The topological polar surface area (TPSA) is 78.7 Å². The van der Waals surface area contributed by atoms with Crippen molar-refractivity contribution >= 4 is 17.5 Å². The van der Waals surface area contributed by atoms with E-state index in [4.69, 9.17) is 5.73 Å². The van der Waals surface area contributed by atoms with Gasteiger partial charge in [0.1, 0.15) is 0 Å². The van der Waals surface area contributed by atoms with Gasteiger partial charge < -0.3 is 20.9 Å². The molecule has 1 aromatic rings. The van der Waals surface area contributed by atoms with Gasteiger partial charge in [0.15, 0.2) is 0 Å². The summed E-state index contributed by atoms with van der Waals surface area (Å²) in [5.74, 6) is 0.0541. The van der Waals surface area contributed by atoms with Gasteiger partial charge in [-0.2, -0.15) is 0 Å². The van der Waals surface area contributed by atoms with E-state index in [1.54, 1.807) is 0 Å². The number of hydrogen-bond acceptors (Lipinski definition) is 4. The van der Waals surface area contributed by atoms with Crippen LogP contribution in [0.2, 0.25) is 0 Å². The van der Waals surface area contributed by atoms with Gasteiger partial charge in [0.05, 0.1) is 12.5 Å². The Morgan fingerprint density at radius 3 is 2.25 bits per heavy atom. The molecule has 6 nitrogen and oxygen atoms in total. The number of anilines is 1. The smallest absolute Gasteiger partial charge is 0.241 e. The third-order valence-corrected chi connectivity index (χ3v) is 4.45. The highest BCUT2D eigenvalue weighted by Crippen LogP contribution is 2.13. The molecule has 2 amide bonds. The molecule has 3 N–H and O–H groups in total. The lowest BCUT2D eigenvalue weighted by atomic mass is 10.0. The Labute approximate surface area is 144 Å². The van der Waals surface area contributed by atoms with Crippen LogP contribution < -0.4 is 11.1 Å². The van der Waals surface area contributed by atoms with Gasteiger partial charge in [-0.3, -0.25) is 9.59 Å². The highest BCUT2D eigenvalue weighted by molar-refractivity contribution is 5.94. The van der Waals surface area contributed by atoms with Crippen LogP contribution >= 0.6 is 0 Å². The first-order valence-corrected chi connectivity index (χ1v) is 8.48. The van der Waals surface area contributed by atoms with Crippen molar-refractivity contribution < 1.29 is 9.59 Å². The van der Waals surface area contributed by atoms with E-state index in [2.05, 4.69) is 17.3 Å². The van der Waals surface area contributed by atoms with Crippen LogP contribution in [0.5, 0.6) is 0 Å². The van der Waals surface area contributed by atoms with Crippen LogP contribution in [0.1, 0.15) is 19.4 Å². The molecule has 0 aliphatic carbocycles. The van der Waals surface area contributed by atoms with Gasteiger partial charge in [-0.1, -0.05) is 26.0 Å². The number of nitrogens with one attached hydrogen (secondary N) is 1. The molecule has 0 radical (unpaired) electrons. The summed E-state index contributed by atoms with van der Waals surface area (Å²) in [4.78, 5) is 28.4. The van der Waals surface area contributed by atoms with Crippen LogP contribution in [-0.2, 0) is 16.0 Å². The lowest BCUT2D eigenvalue weighted by molar-refractivity contribution is -0.132. The van der Waals surface area contributed by atoms with Gasteiger partial charge in [-0.05, 0) is 30.7 Å². The van der Waals surface area contributed by atoms with E-state index < -0.39 is 6.04 Å². The normalized spacial score (nSPS) is 17.0. The number of carbonyl (C=O) groups is 2. The third-order valence-electron chi connectivity index (χ3n) is 4.45. The summed E-state index contributed by atoms with van der Waals surface area (Å²) in [7, 11) is 2.07. The van der Waals surface area contributed by atoms with Crippen molar-refractivity contribution in [1.82, 2.24) is 9.80 Å². The number of hydrogen-bond donors (Lipinski definition) is 2. The summed E-state index contributed by atoms with van der Waals surface area (Å²) in [5.41, 5.74) is 7.48. The SMILES string of the molecule is CC(C)[C@H](N)C(=O)Nc1ccc(CC(=O)N2CCN(C)CC2)cc1. The summed E-state index contributed by atoms with van der Waals surface area (Å²) in [6.07, 6.45) is 0.392. The van der Waals surface area contributed by atoms with Crippen molar-refractivity contribution in [1.29, 1.82) is 0 Å². The number of carbonyl (C=O) groups excluding carboxylic acids is 2. The predicted octanol–water partition coefficient (Wildman–Crippen LogP) is 0.925. The molecular formula is C18H28N4O2. The maximum Gasteiger partial charge on any atom is 0.241 e. The molecule has 6 heteroatoms. The summed E-state index contributed by atoms with van der Waals surface area (Å²) >= 11 is 0. The van der Waals surface area contributed by atoms with Gasteiger partial charge in [0.2, 0.25) is 11.8 Å². The Kier molecular flexibility index (Phi) is 6.34. The van der Waals surface area contributed by atoms with Crippen LogP contribution in [0.3, 0.4) is 0 Å². The molecule has 1 heterocycles. The summed E-state index contributed by atoms with van der Waals surface area (Å²) in [6.45, 7) is 7.25. The molecule has 2 rings (SSSR count). The average Bonchev–Trinajstić information content (AvgIpc) is 2.56. The maximum absolute atomic E-state index is 12.3. The van der Waals surface area contributed by atoms with E-state index in [9.17, 15) is 9.59 Å². The molecule has 1 fully saturated rings. The Bertz CT molecular complexity index is 563. The first-order valence-electron chi connectivity index (χ1n) is 8.48. The van der Waals surface area contributed by atoms with E-state index in [-0.39, 0.29) is 17.7 Å². The number of nitrogens with two attached hydrogens (primary N) is 1. The zero-order chi connectivity index (χ0) is 17.7. The second-order valence-corrected chi connectivity index (χ2v) is 6.82. The molecule has 1 aliphatic rings. The molecule has 0 bridgehead atoms. The van der Waals surface area contributed by atoms with Crippen molar-refractivity contribution in [2.45, 2.75) is 26.3 Å². The van der Waals surface area contributed by atoms with Crippen molar-refractivity contribution in [3.05, 3.63) is 29.8 Å². The minimum atomic E-state index is -0.525. The highest BCUT2D eigenvalue weighted by atomic mass is 16.2. The average molecular weight is 332 g/mol. The van der Waals surface area contributed by atoms with Crippen molar-refractivity contribution in [3.8, 4) is 0 Å². The van der Waals surface area contributed by atoms with Crippen LogP contribution in [0, 0.1) is 5.92 Å². The fourth-order valence-corrected chi connectivity index (χ4v) is 2.58. The zero-order valence-corrected chi connectivity index (χ0v) is 14.8. The molecular weight excluding hydrogens is 304 g/mol. The third kappa shape index (κ3) is 5.04. The second kappa shape index (κ2) is 8.26. The molecule has 0 unspecified atom stereocenters. The highest BCUT2D eigenvalue weighted by Gasteiger charge is 2.19. The Morgan fingerprint density at radius 1 is 1.12 bits per heavy atom. The number of likely N-dealkylation sites (N-methyl/N-ethyl adjacent to an activating group) is 1. The number of amides is 2. The standard InChI is InChI=1S/C18H28N4O2/c1-13(2)17(19)18(24)20-15-6-4-14(5-7-15)12-16(23)22-10-8-21(3)9-11-22/h4-7,13,17H,8-12,19H2,1-3H3,(H,20,24)/t17-/m0/s1. The molecule has 1 aromatic carbocycles. The number of rotatable bonds is 5. The summed E-state index contributed by atoms with van der Waals surface area (Å²) < 4.78 is 0. The molecule has 1 saturated heterocycles. The van der Waals surface area contributed by atoms with Crippen molar-refractivity contribution in [3.63, 3.8) is 0 Å². The number of piperazine rings is 1. The van der Waals surface area contributed by atoms with Crippen LogP contribution in [0.15, 0.2) is 24.3 Å². The molecule has 132 valence electrons. The van der Waals surface area contributed by atoms with Crippen LogP contribution in [0.25, 0.3) is 0 Å². The summed E-state index contributed by atoms with van der Waals surface area (Å²) in [6, 6.07) is 6.87. The largest absolute Gasteiger partial charge is 0.340 e. The summed E-state index contributed by atoms with van der Waals surface area (Å²) in [5, 5.41) is 2.81. The molecule has 0 saturated carbocycles. The fourth-order valence-electron chi connectivity index (χ4n) is 2.58. The van der Waals surface area contributed by atoms with Gasteiger partial charge in [-0.25, -0.2) is 0 Å². The van der Waals surface area contributed by atoms with E-state index in [1.165, 1.54) is 0 Å². The van der Waals surface area contributed by atoms with E-state index in [1.807, 2.05) is 43.0 Å². The van der Waals surface area contributed by atoms with Crippen molar-refractivity contribution in [2.24, 2.45) is 11.7 Å². The Morgan fingerprint density at radius 2 is 1.71 bits per heavy atom. The maximum atomic E-state index is 12.3. The predicted molar refractivity (Wildman–Crippen MR) is 95.7 cm³/mol. The van der Waals surface area contributed by atoms with Crippen molar-refractivity contribution in [2.75, 3.05) is 38.5 Å². The first-order chi connectivity index (χ1) is 11.4. The first kappa shape index (κ1) is 18.4. The van der Waals surface area contributed by atoms with Gasteiger partial charge >= 0.3 is 0 Å². The van der Waals surface area contributed by atoms with E-state index >= 15 is 0 Å². The van der Waals surface area contributed by atoms with Crippen LogP contribution in [-0.4, -0.2) is 60.9 Å². The van der Waals surface area contributed by atoms with E-state index in [0.29, 0.717) is 12.1 Å². The van der Waals surface area contributed by atoms with Gasteiger partial charge in [-0.15, -0.1) is 0 Å². The monoisotopic (exact) mass is 332 g/mol. The lowest BCUT2D eigenvalue weighted by Gasteiger charge is -2.32. The Balaban J connectivity index is 1.87. The minimum absolute atomic E-state index is 0.0884.